The molecule has 260 valence electrons. The normalized spacial score (nSPS) is 16.3. The highest BCUT2D eigenvalue weighted by molar-refractivity contribution is 6.78. The van der Waals surface area contributed by atoms with Gasteiger partial charge in [0.25, 0.3) is 14.2 Å². The number of anilines is 1. The number of ether oxygens (including phenoxy) is 4. The molecule has 2 heterocycles. The molecule has 10 nitrogen and oxygen atoms in total. The van der Waals surface area contributed by atoms with Gasteiger partial charge in [0.05, 0.1) is 30.9 Å². The molecule has 0 fully saturated rings. The van der Waals surface area contributed by atoms with Gasteiger partial charge in [0.2, 0.25) is 0 Å². The third-order valence-electron chi connectivity index (χ3n) is 8.93. The van der Waals surface area contributed by atoms with Gasteiger partial charge in [-0.3, -0.25) is 9.69 Å². The van der Waals surface area contributed by atoms with E-state index in [9.17, 15) is 14.4 Å². The van der Waals surface area contributed by atoms with Crippen molar-refractivity contribution in [2.45, 2.75) is 97.0 Å². The molecule has 0 spiro atoms. The quantitative estimate of drug-likeness (QED) is 0.106. The molecule has 0 saturated carbocycles. The highest BCUT2D eigenvalue weighted by Gasteiger charge is 2.48. The Hall–Kier alpha value is -4.25. The van der Waals surface area contributed by atoms with Crippen LogP contribution in [0.3, 0.4) is 0 Å². The van der Waals surface area contributed by atoms with E-state index in [1.807, 2.05) is 18.3 Å². The molecular formula is C37H50N2O8Si. The summed E-state index contributed by atoms with van der Waals surface area (Å²) in [6, 6.07) is 10.1. The van der Waals surface area contributed by atoms with E-state index in [4.69, 9.17) is 23.4 Å². The first kappa shape index (κ1) is 36.6. The number of amides is 2. The molecule has 0 N–H and O–H groups in total. The van der Waals surface area contributed by atoms with Crippen molar-refractivity contribution in [1.82, 2.24) is 4.90 Å². The minimum atomic E-state index is -2.42. The Morgan fingerprint density at radius 3 is 2.17 bits per heavy atom. The van der Waals surface area contributed by atoms with Crippen LogP contribution in [0, 0.1) is 0 Å². The van der Waals surface area contributed by atoms with E-state index in [0.717, 1.165) is 11.1 Å². The molecule has 11 heteroatoms. The predicted octanol–water partition coefficient (Wildman–Crippen LogP) is 8.96. The first-order chi connectivity index (χ1) is 22.5. The van der Waals surface area contributed by atoms with Crippen LogP contribution in [0.4, 0.5) is 15.3 Å². The average Bonchev–Trinajstić information content (AvgIpc) is 3.39. The highest BCUT2D eigenvalue weighted by atomic mass is 28.4. The van der Waals surface area contributed by atoms with E-state index < -0.39 is 26.2 Å². The van der Waals surface area contributed by atoms with Crippen LogP contribution < -0.4 is 18.8 Å². The lowest BCUT2D eigenvalue weighted by atomic mass is 10.0. The Labute approximate surface area is 285 Å². The summed E-state index contributed by atoms with van der Waals surface area (Å²) < 4.78 is 29.0. The summed E-state index contributed by atoms with van der Waals surface area (Å²) in [4.78, 5) is 43.2. The lowest BCUT2D eigenvalue weighted by Crippen LogP contribution is -2.50. The van der Waals surface area contributed by atoms with Crippen LogP contribution in [-0.4, -0.2) is 63.3 Å². The van der Waals surface area contributed by atoms with Gasteiger partial charge >= 0.3 is 12.2 Å². The van der Waals surface area contributed by atoms with Gasteiger partial charge in [-0.1, -0.05) is 66.3 Å². The SMILES string of the molecule is C=CCOC(=O)N1C[C@@H]2CC(c3ccc(OC(=O)OC(C)(C)C)cc3)=CN2C(=O)c2cc(OC)c(O[Si](C(C)C)(C(C)C)C(C)C)cc21. The molecule has 2 aliphatic heterocycles. The van der Waals surface area contributed by atoms with Crippen molar-refractivity contribution in [3.05, 3.63) is 66.4 Å². The molecule has 48 heavy (non-hydrogen) atoms. The number of carbonyl (C=O) groups is 3. The Balaban J connectivity index is 1.73. The Kier molecular flexibility index (Phi) is 11.0. The summed E-state index contributed by atoms with van der Waals surface area (Å²) in [7, 11) is -0.864. The Bertz CT molecular complexity index is 1540. The molecule has 4 rings (SSSR count). The lowest BCUT2D eigenvalue weighted by Gasteiger charge is -2.42. The number of hydrogen-bond acceptors (Lipinski definition) is 8. The summed E-state index contributed by atoms with van der Waals surface area (Å²) >= 11 is 0. The van der Waals surface area contributed by atoms with Crippen LogP contribution in [0.5, 0.6) is 17.2 Å². The molecular weight excluding hydrogens is 628 g/mol. The zero-order valence-electron chi connectivity index (χ0n) is 29.9. The molecule has 1 atom stereocenters. The number of rotatable bonds is 10. The van der Waals surface area contributed by atoms with Gasteiger partial charge in [0, 0.05) is 12.3 Å². The third kappa shape index (κ3) is 7.56. The van der Waals surface area contributed by atoms with Crippen LogP contribution in [0.2, 0.25) is 16.6 Å². The molecule has 0 radical (unpaired) electrons. The van der Waals surface area contributed by atoms with Gasteiger partial charge in [-0.25, -0.2) is 9.59 Å². The maximum absolute atomic E-state index is 14.3. The van der Waals surface area contributed by atoms with Crippen molar-refractivity contribution in [3.8, 4) is 17.2 Å². The monoisotopic (exact) mass is 678 g/mol. The van der Waals surface area contributed by atoms with Gasteiger partial charge in [-0.05, 0) is 73.2 Å². The molecule has 0 unspecified atom stereocenters. The average molecular weight is 679 g/mol. The fraction of sp³-hybridized carbons (Fsp3) is 0.486. The summed E-state index contributed by atoms with van der Waals surface area (Å²) in [5, 5.41) is 0. The van der Waals surface area contributed by atoms with Crippen LogP contribution in [0.1, 0.15) is 84.7 Å². The molecule has 2 aromatic rings. The molecule has 2 aliphatic rings. The van der Waals surface area contributed by atoms with Crippen molar-refractivity contribution in [1.29, 1.82) is 0 Å². The first-order valence-electron chi connectivity index (χ1n) is 16.5. The molecule has 0 aliphatic carbocycles. The van der Waals surface area contributed by atoms with Gasteiger partial charge in [0.1, 0.15) is 23.7 Å². The fourth-order valence-corrected chi connectivity index (χ4v) is 12.2. The maximum Gasteiger partial charge on any atom is 0.514 e. The molecule has 0 aromatic heterocycles. The van der Waals surface area contributed by atoms with Crippen molar-refractivity contribution in [2.75, 3.05) is 25.2 Å². The third-order valence-corrected chi connectivity index (χ3v) is 14.9. The zero-order valence-corrected chi connectivity index (χ0v) is 30.9. The van der Waals surface area contributed by atoms with Gasteiger partial charge in [-0.15, -0.1) is 0 Å². The van der Waals surface area contributed by atoms with Crippen LogP contribution in [0.25, 0.3) is 5.57 Å². The maximum atomic E-state index is 14.3. The van der Waals surface area contributed by atoms with Crippen LogP contribution in [-0.2, 0) is 9.47 Å². The van der Waals surface area contributed by atoms with E-state index >= 15 is 0 Å². The van der Waals surface area contributed by atoms with Gasteiger partial charge in [0.15, 0.2) is 5.75 Å². The second-order valence-corrected chi connectivity index (χ2v) is 19.6. The summed E-state index contributed by atoms with van der Waals surface area (Å²) in [6.07, 6.45) is 2.45. The summed E-state index contributed by atoms with van der Waals surface area (Å²) in [5.41, 5.74) is 2.68. The highest BCUT2D eigenvalue weighted by Crippen LogP contribution is 2.47. The Morgan fingerprint density at radius 1 is 1.00 bits per heavy atom. The Morgan fingerprint density at radius 2 is 1.62 bits per heavy atom. The van der Waals surface area contributed by atoms with E-state index in [1.54, 1.807) is 57.0 Å². The smallest absolute Gasteiger partial charge is 0.514 e. The number of methoxy groups -OCH3 is 1. The number of benzene rings is 2. The van der Waals surface area contributed by atoms with Crippen molar-refractivity contribution in [2.24, 2.45) is 0 Å². The first-order valence-corrected chi connectivity index (χ1v) is 18.7. The fourth-order valence-electron chi connectivity index (χ4n) is 6.91. The number of carbonyl (C=O) groups excluding carboxylic acids is 3. The minimum Gasteiger partial charge on any atom is -0.540 e. The van der Waals surface area contributed by atoms with Crippen molar-refractivity contribution in [3.63, 3.8) is 0 Å². The molecule has 2 amide bonds. The zero-order chi connectivity index (χ0) is 35.6. The molecule has 0 bridgehead atoms. The standard InChI is InChI=1S/C37H50N2O8Si/c1-12-17-44-35(41)39-22-28-18-27(26-13-15-29(16-14-26)45-36(42)46-37(8,9)10)21-38(28)34(40)30-19-32(43-11)33(20-31(30)39)47-48(23(2)3,24(4)5)25(6)7/h12-16,19-21,23-25,28H,1,17-18,22H2,2-11H3/t28-/m0/s1. The van der Waals surface area contributed by atoms with E-state index in [1.165, 1.54) is 11.0 Å². The lowest BCUT2D eigenvalue weighted by molar-refractivity contribution is 0.0206. The second-order valence-electron chi connectivity index (χ2n) is 14.2. The predicted molar refractivity (Wildman–Crippen MR) is 189 cm³/mol. The largest absolute Gasteiger partial charge is 0.540 e. The minimum absolute atomic E-state index is 0.0256. The topological polar surface area (TPSA) is 104 Å². The van der Waals surface area contributed by atoms with E-state index in [2.05, 4.69) is 48.1 Å². The van der Waals surface area contributed by atoms with Crippen LogP contribution in [0.15, 0.2) is 55.3 Å². The van der Waals surface area contributed by atoms with Crippen molar-refractivity contribution < 1.29 is 37.8 Å². The van der Waals surface area contributed by atoms with E-state index in [0.29, 0.717) is 51.5 Å². The van der Waals surface area contributed by atoms with E-state index in [-0.39, 0.29) is 25.1 Å². The summed E-state index contributed by atoms with van der Waals surface area (Å²) in [5.74, 6) is 1.02. The van der Waals surface area contributed by atoms with Crippen molar-refractivity contribution >= 4 is 37.7 Å². The van der Waals surface area contributed by atoms with Gasteiger partial charge < -0.3 is 28.3 Å². The van der Waals surface area contributed by atoms with Gasteiger partial charge in [-0.2, -0.15) is 0 Å². The summed E-state index contributed by atoms with van der Waals surface area (Å²) in [6.45, 7) is 22.4. The van der Waals surface area contributed by atoms with Crippen LogP contribution >= 0.6 is 0 Å². The number of fused-ring (bicyclic) bond motifs is 2. The number of nitrogens with zero attached hydrogens (tertiary/aromatic N) is 2. The molecule has 2 aromatic carbocycles. The molecule has 0 saturated heterocycles. The second kappa shape index (κ2) is 14.5. The number of hydrogen-bond donors (Lipinski definition) is 0.